The maximum Gasteiger partial charge on any atom is 0.316 e. The van der Waals surface area contributed by atoms with Gasteiger partial charge in [-0.05, 0) is 19.1 Å². The number of hydrogen-bond donors (Lipinski definition) is 2. The molecule has 0 atom stereocenters. The number of benzene rings is 2. The number of hydrogen-bond acceptors (Lipinski definition) is 6. The summed E-state index contributed by atoms with van der Waals surface area (Å²) in [7, 11) is 0. The van der Waals surface area contributed by atoms with Gasteiger partial charge >= 0.3 is 11.8 Å². The van der Waals surface area contributed by atoms with E-state index in [1.165, 1.54) is 0 Å². The largest absolute Gasteiger partial charge is 0.484 e. The number of amides is 2. The van der Waals surface area contributed by atoms with E-state index >= 15 is 0 Å². The number of carbonyl (C=O) groups excluding carboxylic acids is 2. The summed E-state index contributed by atoms with van der Waals surface area (Å²) in [6, 6.07) is 16.6. The lowest BCUT2D eigenvalue weighted by atomic mass is 10.2. The third-order valence-corrected chi connectivity index (χ3v) is 3.78. The van der Waals surface area contributed by atoms with Crippen molar-refractivity contribution >= 4 is 11.8 Å². The van der Waals surface area contributed by atoms with Gasteiger partial charge in [-0.25, -0.2) is 0 Å². The normalized spacial score (nSPS) is 10.3. The van der Waals surface area contributed by atoms with Crippen LogP contribution in [-0.4, -0.2) is 41.7 Å². The molecule has 144 valence electrons. The second-order valence-electron chi connectivity index (χ2n) is 6.00. The fourth-order valence-corrected chi connectivity index (χ4v) is 2.31. The Hall–Kier alpha value is -3.68. The van der Waals surface area contributed by atoms with E-state index in [0.29, 0.717) is 11.6 Å². The van der Waals surface area contributed by atoms with E-state index in [1.807, 2.05) is 49.4 Å². The molecule has 0 aliphatic carbocycles. The van der Waals surface area contributed by atoms with Crippen LogP contribution in [0.15, 0.2) is 59.1 Å². The molecule has 3 aromatic rings. The smallest absolute Gasteiger partial charge is 0.316 e. The predicted octanol–water partition coefficient (Wildman–Crippen LogP) is 1.97. The van der Waals surface area contributed by atoms with Crippen LogP contribution in [-0.2, 0) is 4.79 Å². The van der Waals surface area contributed by atoms with Crippen molar-refractivity contribution in [1.29, 1.82) is 0 Å². The molecular weight excluding hydrogens is 360 g/mol. The van der Waals surface area contributed by atoms with Crippen molar-refractivity contribution in [3.8, 4) is 17.1 Å². The van der Waals surface area contributed by atoms with E-state index in [2.05, 4.69) is 20.8 Å². The number of aryl methyl sites for hydroxylation is 1. The Morgan fingerprint density at radius 1 is 1.00 bits per heavy atom. The molecule has 2 aromatic carbocycles. The minimum Gasteiger partial charge on any atom is -0.484 e. The number of aromatic nitrogens is 2. The Bertz CT molecular complexity index is 923. The lowest BCUT2D eigenvalue weighted by Crippen LogP contribution is -2.36. The summed E-state index contributed by atoms with van der Waals surface area (Å²) in [6.45, 7) is 2.35. The molecule has 0 fully saturated rings. The average molecular weight is 380 g/mol. The first-order chi connectivity index (χ1) is 13.6. The zero-order chi connectivity index (χ0) is 19.8. The minimum atomic E-state index is -0.500. The maximum absolute atomic E-state index is 12.0. The molecule has 2 N–H and O–H groups in total. The zero-order valence-corrected chi connectivity index (χ0v) is 15.3. The van der Waals surface area contributed by atoms with Crippen LogP contribution in [0.5, 0.6) is 5.75 Å². The fourth-order valence-electron chi connectivity index (χ4n) is 2.31. The molecule has 0 radical (unpaired) electrons. The first-order valence-corrected chi connectivity index (χ1v) is 8.75. The van der Waals surface area contributed by atoms with Gasteiger partial charge in [-0.3, -0.25) is 9.59 Å². The molecule has 1 aromatic heterocycles. The van der Waals surface area contributed by atoms with Crippen LogP contribution in [0.3, 0.4) is 0 Å². The summed E-state index contributed by atoms with van der Waals surface area (Å²) in [6.07, 6.45) is 0. The van der Waals surface area contributed by atoms with Crippen LogP contribution in [0.1, 0.15) is 16.2 Å². The van der Waals surface area contributed by atoms with E-state index in [0.717, 1.165) is 11.1 Å². The summed E-state index contributed by atoms with van der Waals surface area (Å²) in [4.78, 5) is 27.9. The van der Waals surface area contributed by atoms with Crippen molar-refractivity contribution in [3.63, 3.8) is 0 Å². The topological polar surface area (TPSA) is 106 Å². The molecule has 0 spiro atoms. The van der Waals surface area contributed by atoms with Crippen molar-refractivity contribution in [2.24, 2.45) is 0 Å². The van der Waals surface area contributed by atoms with E-state index < -0.39 is 5.91 Å². The molecule has 0 unspecified atom stereocenters. The summed E-state index contributed by atoms with van der Waals surface area (Å²) >= 11 is 0. The second kappa shape index (κ2) is 9.31. The van der Waals surface area contributed by atoms with Gasteiger partial charge in [0.2, 0.25) is 5.82 Å². The Labute approximate surface area is 161 Å². The molecule has 0 bridgehead atoms. The number of carbonyl (C=O) groups is 2. The highest BCUT2D eigenvalue weighted by molar-refractivity contribution is 5.89. The highest BCUT2D eigenvalue weighted by Crippen LogP contribution is 2.14. The fraction of sp³-hybridized carbons (Fsp3) is 0.200. The van der Waals surface area contributed by atoms with Gasteiger partial charge in [-0.2, -0.15) is 4.98 Å². The number of ether oxygens (including phenoxy) is 1. The van der Waals surface area contributed by atoms with Gasteiger partial charge in [0.25, 0.3) is 5.91 Å². The van der Waals surface area contributed by atoms with E-state index in [9.17, 15) is 9.59 Å². The monoisotopic (exact) mass is 380 g/mol. The third kappa shape index (κ3) is 5.41. The van der Waals surface area contributed by atoms with Crippen molar-refractivity contribution in [2.75, 3.05) is 19.7 Å². The Kier molecular flexibility index (Phi) is 6.35. The average Bonchev–Trinajstić information content (AvgIpc) is 3.22. The van der Waals surface area contributed by atoms with Crippen LogP contribution < -0.4 is 15.4 Å². The molecule has 3 rings (SSSR count). The SMILES string of the molecule is Cc1ccc(OCC(=O)NCCNC(=O)c2nc(-c3ccccc3)no2)cc1. The highest BCUT2D eigenvalue weighted by atomic mass is 16.5. The molecule has 1 heterocycles. The molecule has 0 aliphatic rings. The summed E-state index contributed by atoms with van der Waals surface area (Å²) in [5.74, 6) is 0.0543. The zero-order valence-electron chi connectivity index (χ0n) is 15.3. The third-order valence-electron chi connectivity index (χ3n) is 3.78. The van der Waals surface area contributed by atoms with Crippen molar-refractivity contribution in [1.82, 2.24) is 20.8 Å². The van der Waals surface area contributed by atoms with Crippen LogP contribution in [0.25, 0.3) is 11.4 Å². The van der Waals surface area contributed by atoms with E-state index in [-0.39, 0.29) is 31.5 Å². The maximum atomic E-state index is 12.0. The quantitative estimate of drug-likeness (QED) is 0.579. The van der Waals surface area contributed by atoms with Crippen LogP contribution in [0.4, 0.5) is 0 Å². The molecule has 0 saturated heterocycles. The molecule has 0 aliphatic heterocycles. The second-order valence-corrected chi connectivity index (χ2v) is 6.00. The standard InChI is InChI=1S/C20H20N4O4/c1-14-7-9-16(10-8-14)27-13-17(25)21-11-12-22-19(26)20-23-18(24-28-20)15-5-3-2-4-6-15/h2-10H,11-13H2,1H3,(H,21,25)(H,22,26). The van der Waals surface area contributed by atoms with Gasteiger partial charge in [0.1, 0.15) is 5.75 Å². The van der Waals surface area contributed by atoms with Crippen molar-refractivity contribution in [3.05, 3.63) is 66.1 Å². The van der Waals surface area contributed by atoms with Crippen LogP contribution in [0, 0.1) is 6.92 Å². The van der Waals surface area contributed by atoms with Gasteiger partial charge in [0.15, 0.2) is 6.61 Å². The number of nitrogens with one attached hydrogen (secondary N) is 2. The number of nitrogens with zero attached hydrogens (tertiary/aromatic N) is 2. The Morgan fingerprint density at radius 2 is 1.71 bits per heavy atom. The molecule has 0 saturated carbocycles. The van der Waals surface area contributed by atoms with Gasteiger partial charge < -0.3 is 19.9 Å². The first kappa shape index (κ1) is 19.1. The molecular formula is C20H20N4O4. The summed E-state index contributed by atoms with van der Waals surface area (Å²) in [5.41, 5.74) is 1.87. The molecule has 2 amide bonds. The Morgan fingerprint density at radius 3 is 2.46 bits per heavy atom. The van der Waals surface area contributed by atoms with E-state index in [1.54, 1.807) is 12.1 Å². The van der Waals surface area contributed by atoms with Gasteiger partial charge in [0, 0.05) is 18.7 Å². The molecule has 8 heteroatoms. The number of rotatable bonds is 8. The molecule has 8 nitrogen and oxygen atoms in total. The van der Waals surface area contributed by atoms with Crippen LogP contribution >= 0.6 is 0 Å². The van der Waals surface area contributed by atoms with Gasteiger partial charge in [-0.15, -0.1) is 0 Å². The van der Waals surface area contributed by atoms with Crippen molar-refractivity contribution in [2.45, 2.75) is 6.92 Å². The first-order valence-electron chi connectivity index (χ1n) is 8.75. The van der Waals surface area contributed by atoms with E-state index in [4.69, 9.17) is 9.26 Å². The summed E-state index contributed by atoms with van der Waals surface area (Å²) in [5, 5.41) is 9.05. The highest BCUT2D eigenvalue weighted by Gasteiger charge is 2.15. The predicted molar refractivity (Wildman–Crippen MR) is 102 cm³/mol. The lowest BCUT2D eigenvalue weighted by molar-refractivity contribution is -0.123. The minimum absolute atomic E-state index is 0.0961. The van der Waals surface area contributed by atoms with Gasteiger partial charge in [-0.1, -0.05) is 53.2 Å². The van der Waals surface area contributed by atoms with Crippen LogP contribution in [0.2, 0.25) is 0 Å². The lowest BCUT2D eigenvalue weighted by Gasteiger charge is -2.08. The van der Waals surface area contributed by atoms with Crippen molar-refractivity contribution < 1.29 is 18.8 Å². The Balaban J connectivity index is 1.37. The van der Waals surface area contributed by atoms with Gasteiger partial charge in [0.05, 0.1) is 0 Å². The summed E-state index contributed by atoms with van der Waals surface area (Å²) < 4.78 is 10.4. The molecule has 28 heavy (non-hydrogen) atoms.